The average Bonchev–Trinajstić information content (AvgIpc) is 3.74. The number of carbonyl (C=O) groups is 1. The van der Waals surface area contributed by atoms with E-state index in [1.54, 1.807) is 7.11 Å². The van der Waals surface area contributed by atoms with Crippen molar-refractivity contribution in [3.05, 3.63) is 22.4 Å². The summed E-state index contributed by atoms with van der Waals surface area (Å²) in [5, 5.41) is 19.6. The number of ether oxygens (including phenoxy) is 1. The van der Waals surface area contributed by atoms with E-state index in [1.807, 2.05) is 0 Å². The van der Waals surface area contributed by atoms with E-state index in [-0.39, 0.29) is 18.6 Å². The number of nitriles is 1. The Labute approximate surface area is 196 Å². The number of hydrogen-bond acceptors (Lipinski definition) is 7. The summed E-state index contributed by atoms with van der Waals surface area (Å²) in [7, 11) is 1.63. The quantitative estimate of drug-likeness (QED) is 0.640. The highest BCUT2D eigenvalue weighted by molar-refractivity contribution is 5.77. The topological polar surface area (TPSA) is 92.9 Å². The van der Waals surface area contributed by atoms with Crippen molar-refractivity contribution >= 4 is 11.7 Å². The zero-order valence-electron chi connectivity index (χ0n) is 19.6. The van der Waals surface area contributed by atoms with E-state index in [1.165, 1.54) is 29.7 Å². The number of hydrogen-bond donors (Lipinski definition) is 1. The van der Waals surface area contributed by atoms with E-state index >= 15 is 0 Å². The summed E-state index contributed by atoms with van der Waals surface area (Å²) in [6.07, 6.45) is 5.92. The van der Waals surface area contributed by atoms with Crippen molar-refractivity contribution < 1.29 is 14.6 Å². The Morgan fingerprint density at radius 1 is 1.21 bits per heavy atom. The SMILES string of the molecule is COCCC(=O)N1CCN(c2nc(C3CC3)c3c(c2C#N)CCN(CCO)C3)CC1C1CC1. The summed E-state index contributed by atoms with van der Waals surface area (Å²) < 4.78 is 5.13. The second-order valence-electron chi connectivity index (χ2n) is 9.97. The molecule has 1 saturated heterocycles. The van der Waals surface area contributed by atoms with Gasteiger partial charge in [-0.2, -0.15) is 5.26 Å². The predicted octanol–water partition coefficient (Wildman–Crippen LogP) is 1.64. The summed E-state index contributed by atoms with van der Waals surface area (Å²) >= 11 is 0. The third kappa shape index (κ3) is 4.59. The van der Waals surface area contributed by atoms with Gasteiger partial charge >= 0.3 is 0 Å². The largest absolute Gasteiger partial charge is 0.395 e. The van der Waals surface area contributed by atoms with Crippen LogP contribution in [0.5, 0.6) is 0 Å². The van der Waals surface area contributed by atoms with Crippen LogP contribution >= 0.6 is 0 Å². The smallest absolute Gasteiger partial charge is 0.225 e. The zero-order valence-corrected chi connectivity index (χ0v) is 19.6. The summed E-state index contributed by atoms with van der Waals surface area (Å²) in [5.41, 5.74) is 4.29. The first-order valence-corrected chi connectivity index (χ1v) is 12.5. The third-order valence-corrected chi connectivity index (χ3v) is 7.70. The number of aromatic nitrogens is 1. The second-order valence-corrected chi connectivity index (χ2v) is 9.97. The summed E-state index contributed by atoms with van der Waals surface area (Å²) in [4.78, 5) is 24.6. The van der Waals surface area contributed by atoms with Gasteiger partial charge in [-0.3, -0.25) is 9.69 Å². The van der Waals surface area contributed by atoms with Crippen molar-refractivity contribution in [3.8, 4) is 6.07 Å². The maximum atomic E-state index is 12.8. The highest BCUT2D eigenvalue weighted by atomic mass is 16.5. The summed E-state index contributed by atoms with van der Waals surface area (Å²) in [6, 6.07) is 2.70. The molecule has 1 aromatic heterocycles. The van der Waals surface area contributed by atoms with Gasteiger partial charge in [0.2, 0.25) is 5.91 Å². The van der Waals surface area contributed by atoms with Gasteiger partial charge in [0, 0.05) is 52.3 Å². The first-order chi connectivity index (χ1) is 16.1. The van der Waals surface area contributed by atoms with Crippen molar-refractivity contribution in [2.45, 2.75) is 57.0 Å². The Morgan fingerprint density at radius 3 is 2.70 bits per heavy atom. The standard InChI is InChI=1S/C25H35N5O3/c1-33-13-7-23(32)30-10-9-29(16-22(30)17-2-3-17)25-20(14-26)19-6-8-28(11-12-31)15-21(19)24(27-25)18-4-5-18/h17-18,22,31H,2-13,15-16H2,1H3. The molecule has 2 aliphatic heterocycles. The Balaban J connectivity index is 1.44. The first kappa shape index (κ1) is 22.6. The number of fused-ring (bicyclic) bond motifs is 1. The van der Waals surface area contributed by atoms with Gasteiger partial charge < -0.3 is 19.6 Å². The van der Waals surface area contributed by atoms with Gasteiger partial charge in [0.25, 0.3) is 0 Å². The van der Waals surface area contributed by atoms with E-state index in [2.05, 4.69) is 20.8 Å². The van der Waals surface area contributed by atoms with Gasteiger partial charge in [-0.1, -0.05) is 0 Å². The molecule has 3 heterocycles. The number of nitrogens with zero attached hydrogens (tertiary/aromatic N) is 5. The number of aliphatic hydroxyl groups is 1. The normalized spacial score (nSPS) is 23.4. The molecule has 0 bridgehead atoms. The van der Waals surface area contributed by atoms with Gasteiger partial charge in [0.1, 0.15) is 11.9 Å². The molecule has 1 amide bonds. The van der Waals surface area contributed by atoms with Crippen molar-refractivity contribution in [1.29, 1.82) is 5.26 Å². The Morgan fingerprint density at radius 2 is 2.03 bits per heavy atom. The first-order valence-electron chi connectivity index (χ1n) is 12.5. The fourth-order valence-corrected chi connectivity index (χ4v) is 5.61. The third-order valence-electron chi connectivity index (χ3n) is 7.70. The van der Waals surface area contributed by atoms with E-state index in [9.17, 15) is 15.2 Å². The van der Waals surface area contributed by atoms with Crippen LogP contribution in [0.2, 0.25) is 0 Å². The van der Waals surface area contributed by atoms with Crippen LogP contribution in [-0.2, 0) is 22.5 Å². The number of piperazine rings is 1. The minimum Gasteiger partial charge on any atom is -0.395 e. The Kier molecular flexibility index (Phi) is 6.55. The lowest BCUT2D eigenvalue weighted by Crippen LogP contribution is -2.56. The molecular weight excluding hydrogens is 418 g/mol. The van der Waals surface area contributed by atoms with Crippen molar-refractivity contribution in [3.63, 3.8) is 0 Å². The monoisotopic (exact) mass is 453 g/mol. The van der Waals surface area contributed by atoms with Gasteiger partial charge in [0.05, 0.1) is 36.9 Å². The molecule has 3 fully saturated rings. The molecule has 2 aliphatic carbocycles. The molecule has 8 heteroatoms. The van der Waals surface area contributed by atoms with Crippen LogP contribution in [0, 0.1) is 17.2 Å². The van der Waals surface area contributed by atoms with Crippen LogP contribution in [0.4, 0.5) is 5.82 Å². The van der Waals surface area contributed by atoms with Crippen LogP contribution in [0.25, 0.3) is 0 Å². The Bertz CT molecular complexity index is 937. The highest BCUT2D eigenvalue weighted by Crippen LogP contribution is 2.45. The van der Waals surface area contributed by atoms with E-state index < -0.39 is 0 Å². The van der Waals surface area contributed by atoms with Crippen LogP contribution in [-0.4, -0.2) is 84.9 Å². The van der Waals surface area contributed by atoms with Crippen LogP contribution in [0.15, 0.2) is 0 Å². The van der Waals surface area contributed by atoms with Crippen LogP contribution < -0.4 is 4.90 Å². The van der Waals surface area contributed by atoms with E-state index in [0.29, 0.717) is 44.5 Å². The number of aliphatic hydroxyl groups excluding tert-OH is 1. The van der Waals surface area contributed by atoms with Gasteiger partial charge in [0.15, 0.2) is 0 Å². The van der Waals surface area contributed by atoms with Crippen LogP contribution in [0.3, 0.4) is 0 Å². The average molecular weight is 454 g/mol. The predicted molar refractivity (Wildman–Crippen MR) is 124 cm³/mol. The lowest BCUT2D eigenvalue weighted by atomic mass is 9.92. The van der Waals surface area contributed by atoms with E-state index in [4.69, 9.17) is 9.72 Å². The van der Waals surface area contributed by atoms with Crippen molar-refractivity contribution in [2.24, 2.45) is 5.92 Å². The molecule has 0 radical (unpaired) electrons. The van der Waals surface area contributed by atoms with Gasteiger partial charge in [-0.25, -0.2) is 4.98 Å². The fourth-order valence-electron chi connectivity index (χ4n) is 5.61. The number of rotatable bonds is 8. The zero-order chi connectivity index (χ0) is 22.9. The lowest BCUT2D eigenvalue weighted by molar-refractivity contribution is -0.135. The molecule has 1 aromatic rings. The van der Waals surface area contributed by atoms with Crippen molar-refractivity contribution in [2.75, 3.05) is 57.9 Å². The number of anilines is 1. The maximum absolute atomic E-state index is 12.8. The molecule has 178 valence electrons. The number of methoxy groups -OCH3 is 1. The van der Waals surface area contributed by atoms with Crippen LogP contribution in [0.1, 0.15) is 60.4 Å². The number of pyridine rings is 1. The lowest BCUT2D eigenvalue weighted by Gasteiger charge is -2.43. The molecule has 5 rings (SSSR count). The summed E-state index contributed by atoms with van der Waals surface area (Å²) in [5.74, 6) is 2.06. The number of β-amino-alcohol motifs (C(OH)–C–C–N with tert-alkyl or cyclic N) is 1. The van der Waals surface area contributed by atoms with Gasteiger partial charge in [-0.05, 0) is 49.1 Å². The molecule has 4 aliphatic rings. The second kappa shape index (κ2) is 9.57. The molecule has 0 spiro atoms. The molecule has 0 aromatic carbocycles. The molecule has 33 heavy (non-hydrogen) atoms. The molecule has 8 nitrogen and oxygen atoms in total. The minimum atomic E-state index is 0.153. The number of amides is 1. The molecule has 1 N–H and O–H groups in total. The molecule has 2 saturated carbocycles. The number of carbonyl (C=O) groups excluding carboxylic acids is 1. The van der Waals surface area contributed by atoms with Crippen molar-refractivity contribution in [1.82, 2.24) is 14.8 Å². The fraction of sp³-hybridized carbons (Fsp3) is 0.720. The van der Waals surface area contributed by atoms with Gasteiger partial charge in [-0.15, -0.1) is 0 Å². The molecule has 1 unspecified atom stereocenters. The minimum absolute atomic E-state index is 0.153. The molecule has 1 atom stereocenters. The summed E-state index contributed by atoms with van der Waals surface area (Å²) in [6.45, 7) is 5.05. The molecular formula is C25H35N5O3. The van der Waals surface area contributed by atoms with E-state index in [0.717, 1.165) is 50.3 Å². The maximum Gasteiger partial charge on any atom is 0.225 e. The Hall–Kier alpha value is -2.21. The highest BCUT2D eigenvalue weighted by Gasteiger charge is 2.42.